The van der Waals surface area contributed by atoms with Crippen LogP contribution in [0.25, 0.3) is 0 Å². The Morgan fingerprint density at radius 1 is 1.41 bits per heavy atom. The van der Waals surface area contributed by atoms with Crippen molar-refractivity contribution in [2.45, 2.75) is 48.6 Å². The van der Waals surface area contributed by atoms with Crippen LogP contribution in [0.1, 0.15) is 20.3 Å². The van der Waals surface area contributed by atoms with Crippen molar-refractivity contribution in [3.05, 3.63) is 0 Å². The molecule has 17 heavy (non-hydrogen) atoms. The summed E-state index contributed by atoms with van der Waals surface area (Å²) in [6, 6.07) is -0.515. The molecule has 0 aromatic heterocycles. The molecule has 2 rings (SSSR count). The average Bonchev–Trinajstić information content (AvgIpc) is 2.67. The van der Waals surface area contributed by atoms with E-state index >= 15 is 0 Å². The van der Waals surface area contributed by atoms with Crippen LogP contribution in [0.3, 0.4) is 0 Å². The van der Waals surface area contributed by atoms with Crippen molar-refractivity contribution in [1.82, 2.24) is 0 Å². The number of rotatable bonds is 1. The highest BCUT2D eigenvalue weighted by Crippen LogP contribution is 2.38. The van der Waals surface area contributed by atoms with Crippen molar-refractivity contribution in [3.63, 3.8) is 0 Å². The predicted octanol–water partition coefficient (Wildman–Crippen LogP) is 2.29. The topological polar surface area (TPSA) is 51.0 Å². The van der Waals surface area contributed by atoms with E-state index in [0.29, 0.717) is 0 Å². The first-order valence-electron chi connectivity index (χ1n) is 5.49. The Labute approximate surface area is 115 Å². The van der Waals surface area contributed by atoms with Crippen molar-refractivity contribution in [1.29, 1.82) is 0 Å². The van der Waals surface area contributed by atoms with Crippen LogP contribution in [-0.2, 0) is 9.47 Å². The van der Waals surface area contributed by atoms with Gasteiger partial charge in [-0.3, -0.25) is 0 Å². The van der Waals surface area contributed by atoms with Crippen LogP contribution in [-0.4, -0.2) is 39.3 Å². The van der Waals surface area contributed by atoms with E-state index in [2.05, 4.69) is 4.99 Å². The Kier molecular flexibility index (Phi) is 3.82. The maximum Gasteiger partial charge on any atom is 0.266 e. The second kappa shape index (κ2) is 4.74. The van der Waals surface area contributed by atoms with E-state index in [0.717, 1.165) is 6.42 Å². The van der Waals surface area contributed by atoms with Crippen LogP contribution >= 0.6 is 34.8 Å². The minimum Gasteiger partial charge on any atom is -0.445 e. The van der Waals surface area contributed by atoms with Gasteiger partial charge in [-0.1, -0.05) is 48.7 Å². The molecule has 7 heteroatoms. The summed E-state index contributed by atoms with van der Waals surface area (Å²) in [4.78, 5) is 4.11. The second-order valence-corrected chi connectivity index (χ2v) is 6.62. The Hall–Kier alpha value is 0.260. The lowest BCUT2D eigenvalue weighted by Crippen LogP contribution is -2.51. The number of alkyl halides is 3. The normalized spacial score (nSPS) is 41.8. The van der Waals surface area contributed by atoms with Crippen LogP contribution < -0.4 is 0 Å². The van der Waals surface area contributed by atoms with Crippen molar-refractivity contribution in [2.24, 2.45) is 10.9 Å². The number of fused-ring (bicyclic) bond motifs is 1. The van der Waals surface area contributed by atoms with Gasteiger partial charge in [0.15, 0.2) is 0 Å². The number of nitrogens with zero attached hydrogens (tertiary/aromatic N) is 1. The van der Waals surface area contributed by atoms with Gasteiger partial charge in [-0.15, -0.1) is 0 Å². The third kappa shape index (κ3) is 2.51. The molecule has 0 saturated carbocycles. The summed E-state index contributed by atoms with van der Waals surface area (Å²) in [7, 11) is 0. The molecule has 2 aliphatic heterocycles. The first kappa shape index (κ1) is 13.7. The molecule has 0 spiro atoms. The van der Waals surface area contributed by atoms with E-state index in [1.807, 2.05) is 13.8 Å². The van der Waals surface area contributed by atoms with Crippen molar-refractivity contribution in [3.8, 4) is 0 Å². The van der Waals surface area contributed by atoms with Crippen molar-refractivity contribution < 1.29 is 14.6 Å². The standard InChI is InChI=1S/C10H14Cl3NO3/c1-3-5-4(2)7(15)6-8(16-5)17-9(14-6)10(11,12)13/h4-8,15H,3H2,1-2H3/t4-,5?,6?,7+,8-/m1/s1. The largest absolute Gasteiger partial charge is 0.445 e. The molecule has 4 nitrogen and oxygen atoms in total. The minimum atomic E-state index is -1.72. The molecule has 1 N–H and O–H groups in total. The zero-order valence-corrected chi connectivity index (χ0v) is 11.7. The fraction of sp³-hybridized carbons (Fsp3) is 0.900. The Morgan fingerprint density at radius 3 is 2.59 bits per heavy atom. The minimum absolute atomic E-state index is 0.0134. The lowest BCUT2D eigenvalue weighted by molar-refractivity contribution is -0.204. The van der Waals surface area contributed by atoms with Gasteiger partial charge >= 0.3 is 0 Å². The Balaban J connectivity index is 2.18. The predicted molar refractivity (Wildman–Crippen MR) is 66.7 cm³/mol. The fourth-order valence-corrected chi connectivity index (χ4v) is 2.47. The molecule has 0 aliphatic carbocycles. The molecular formula is C10H14Cl3NO3. The number of aliphatic hydroxyl groups is 1. The van der Waals surface area contributed by atoms with Gasteiger partial charge in [0.25, 0.3) is 3.79 Å². The fourth-order valence-electron chi connectivity index (χ4n) is 2.19. The number of aliphatic hydroxyl groups excluding tert-OH is 1. The molecule has 0 aromatic carbocycles. The van der Waals surface area contributed by atoms with E-state index < -0.39 is 22.2 Å². The molecule has 0 bridgehead atoms. The molecule has 1 fully saturated rings. The molecule has 0 radical (unpaired) electrons. The highest BCUT2D eigenvalue weighted by Gasteiger charge is 2.50. The van der Waals surface area contributed by atoms with E-state index in [1.165, 1.54) is 0 Å². The van der Waals surface area contributed by atoms with E-state index in [-0.39, 0.29) is 17.9 Å². The van der Waals surface area contributed by atoms with E-state index in [1.54, 1.807) is 0 Å². The number of hydrogen-bond donors (Lipinski definition) is 1. The maximum absolute atomic E-state index is 10.1. The third-order valence-corrected chi connectivity index (χ3v) is 3.69. The van der Waals surface area contributed by atoms with Crippen LogP contribution in [0.2, 0.25) is 0 Å². The summed E-state index contributed by atoms with van der Waals surface area (Å²) in [6.45, 7) is 3.90. The summed E-state index contributed by atoms with van der Waals surface area (Å²) >= 11 is 17.1. The van der Waals surface area contributed by atoms with E-state index in [9.17, 15) is 5.11 Å². The molecule has 2 heterocycles. The Bertz CT molecular complexity index is 331. The molecule has 2 unspecified atom stereocenters. The molecule has 0 aromatic rings. The molecule has 2 aliphatic rings. The van der Waals surface area contributed by atoms with Gasteiger partial charge in [-0.2, -0.15) is 0 Å². The monoisotopic (exact) mass is 301 g/mol. The smallest absolute Gasteiger partial charge is 0.266 e. The zero-order chi connectivity index (χ0) is 12.8. The van der Waals surface area contributed by atoms with Crippen LogP contribution in [0.4, 0.5) is 0 Å². The number of aliphatic imine (C=N–C) groups is 1. The lowest BCUT2D eigenvalue weighted by Gasteiger charge is -2.38. The van der Waals surface area contributed by atoms with Gasteiger partial charge in [0.05, 0.1) is 12.2 Å². The van der Waals surface area contributed by atoms with Gasteiger partial charge in [0, 0.05) is 5.92 Å². The first-order valence-corrected chi connectivity index (χ1v) is 6.63. The van der Waals surface area contributed by atoms with Crippen molar-refractivity contribution in [2.75, 3.05) is 0 Å². The van der Waals surface area contributed by atoms with Crippen LogP contribution in [0.15, 0.2) is 4.99 Å². The lowest BCUT2D eigenvalue weighted by atomic mass is 9.88. The van der Waals surface area contributed by atoms with E-state index in [4.69, 9.17) is 44.3 Å². The summed E-state index contributed by atoms with van der Waals surface area (Å²) in [6.07, 6.45) is -0.593. The number of hydrogen-bond acceptors (Lipinski definition) is 4. The summed E-state index contributed by atoms with van der Waals surface area (Å²) in [5, 5.41) is 10.1. The van der Waals surface area contributed by atoms with Gasteiger partial charge in [0.2, 0.25) is 12.2 Å². The summed E-state index contributed by atoms with van der Waals surface area (Å²) in [5.74, 6) is -0.0381. The summed E-state index contributed by atoms with van der Waals surface area (Å²) in [5.41, 5.74) is 0. The third-order valence-electron chi connectivity index (χ3n) is 3.20. The number of halogens is 3. The zero-order valence-electron chi connectivity index (χ0n) is 9.44. The van der Waals surface area contributed by atoms with Gasteiger partial charge < -0.3 is 14.6 Å². The van der Waals surface area contributed by atoms with Gasteiger partial charge in [-0.25, -0.2) is 4.99 Å². The van der Waals surface area contributed by atoms with Gasteiger partial charge in [-0.05, 0) is 6.42 Å². The van der Waals surface area contributed by atoms with Crippen LogP contribution in [0, 0.1) is 5.92 Å². The Morgan fingerprint density at radius 2 is 2.06 bits per heavy atom. The summed E-state index contributed by atoms with van der Waals surface area (Å²) < 4.78 is 9.33. The molecule has 1 saturated heterocycles. The molecule has 98 valence electrons. The van der Waals surface area contributed by atoms with Crippen LogP contribution in [0.5, 0.6) is 0 Å². The first-order chi connectivity index (χ1) is 7.84. The van der Waals surface area contributed by atoms with Gasteiger partial charge in [0.1, 0.15) is 6.04 Å². The van der Waals surface area contributed by atoms with Crippen molar-refractivity contribution >= 4 is 40.7 Å². The molecule has 5 atom stereocenters. The highest BCUT2D eigenvalue weighted by atomic mass is 35.6. The highest BCUT2D eigenvalue weighted by molar-refractivity contribution is 6.76. The second-order valence-electron chi connectivity index (χ2n) is 4.34. The molecule has 0 amide bonds. The molecular weight excluding hydrogens is 288 g/mol. The number of ether oxygens (including phenoxy) is 2. The maximum atomic E-state index is 10.1. The average molecular weight is 303 g/mol. The SMILES string of the molecule is CCC1O[C@@H]2OC(C(Cl)(Cl)Cl)=NC2[C@@H](O)[C@@H]1C. The quantitative estimate of drug-likeness (QED) is 0.756.